The van der Waals surface area contributed by atoms with E-state index in [-0.39, 0.29) is 43.7 Å². The number of hydrogen-bond acceptors (Lipinski definition) is 5. The van der Waals surface area contributed by atoms with Gasteiger partial charge in [-0.3, -0.25) is 9.69 Å². The van der Waals surface area contributed by atoms with E-state index in [2.05, 4.69) is 0 Å². The first-order valence-electron chi connectivity index (χ1n) is 5.10. The van der Waals surface area contributed by atoms with E-state index in [4.69, 9.17) is 14.6 Å². The van der Waals surface area contributed by atoms with Crippen molar-refractivity contribution >= 4 is 24.3 Å². The van der Waals surface area contributed by atoms with Crippen molar-refractivity contribution in [2.45, 2.75) is 18.2 Å². The number of rotatable bonds is 4. The Morgan fingerprint density at radius 2 is 2.39 bits per heavy atom. The Labute approximate surface area is 109 Å². The maximum atomic E-state index is 11.5. The summed E-state index contributed by atoms with van der Waals surface area (Å²) in [5.41, 5.74) is -1.64. The maximum absolute atomic E-state index is 11.5. The van der Waals surface area contributed by atoms with Crippen LogP contribution < -0.4 is 0 Å². The Balaban J connectivity index is 0.00000162. The lowest BCUT2D eigenvalue weighted by Gasteiger charge is -2.39. The number of halogens is 1. The van der Waals surface area contributed by atoms with Gasteiger partial charge < -0.3 is 19.7 Å². The molecule has 102 valence electrons. The van der Waals surface area contributed by atoms with Gasteiger partial charge in [0.25, 0.3) is 0 Å². The van der Waals surface area contributed by atoms with Crippen LogP contribution in [0.1, 0.15) is 6.42 Å². The van der Waals surface area contributed by atoms with Crippen molar-refractivity contribution in [1.82, 2.24) is 4.90 Å². The largest absolute Gasteiger partial charge is 0.479 e. The van der Waals surface area contributed by atoms with Crippen LogP contribution in [0.15, 0.2) is 11.8 Å². The highest BCUT2D eigenvalue weighted by atomic mass is 35.5. The summed E-state index contributed by atoms with van der Waals surface area (Å²) in [6, 6.07) is 0. The van der Waals surface area contributed by atoms with Crippen LogP contribution >= 0.6 is 12.4 Å². The molecular weight excluding hydrogens is 266 g/mol. The topological polar surface area (TPSA) is 96.3 Å². The van der Waals surface area contributed by atoms with E-state index in [0.29, 0.717) is 0 Å². The van der Waals surface area contributed by atoms with Gasteiger partial charge in [0.15, 0.2) is 6.23 Å². The normalized spacial score (nSPS) is 31.4. The molecule has 0 radical (unpaired) electrons. The van der Waals surface area contributed by atoms with E-state index in [0.717, 1.165) is 4.90 Å². The lowest BCUT2D eigenvalue weighted by Crippen LogP contribution is -2.64. The summed E-state index contributed by atoms with van der Waals surface area (Å²) in [7, 11) is 1.35. The highest BCUT2D eigenvalue weighted by Gasteiger charge is 2.64. The molecule has 18 heavy (non-hydrogen) atoms. The highest BCUT2D eigenvalue weighted by Crippen LogP contribution is 2.44. The molecule has 0 aromatic carbocycles. The van der Waals surface area contributed by atoms with Crippen LogP contribution in [0.2, 0.25) is 0 Å². The number of carbonyl (C=O) groups excluding carboxylic acids is 1. The third-order valence-corrected chi connectivity index (χ3v) is 2.97. The molecule has 2 N–H and O–H groups in total. The number of amides is 1. The van der Waals surface area contributed by atoms with Gasteiger partial charge in [-0.1, -0.05) is 0 Å². The summed E-state index contributed by atoms with van der Waals surface area (Å²) in [4.78, 5) is 24.1. The van der Waals surface area contributed by atoms with Gasteiger partial charge >= 0.3 is 5.97 Å². The maximum Gasteiger partial charge on any atom is 0.340 e. The number of aliphatic hydroxyl groups is 1. The second-order valence-electron chi connectivity index (χ2n) is 3.89. The Bertz CT molecular complexity index is 398. The Morgan fingerprint density at radius 1 is 1.72 bits per heavy atom. The summed E-state index contributed by atoms with van der Waals surface area (Å²) < 4.78 is 10.2. The first-order valence-corrected chi connectivity index (χ1v) is 5.10. The molecule has 8 heteroatoms. The molecule has 2 rings (SSSR count). The second-order valence-corrected chi connectivity index (χ2v) is 3.89. The minimum atomic E-state index is -1.64. The van der Waals surface area contributed by atoms with Crippen LogP contribution in [0, 0.1) is 0 Å². The van der Waals surface area contributed by atoms with Gasteiger partial charge in [-0.25, -0.2) is 4.79 Å². The monoisotopic (exact) mass is 279 g/mol. The van der Waals surface area contributed by atoms with Crippen molar-refractivity contribution in [2.75, 3.05) is 20.3 Å². The molecule has 7 nitrogen and oxygen atoms in total. The zero-order valence-corrected chi connectivity index (χ0v) is 10.5. The van der Waals surface area contributed by atoms with Crippen molar-refractivity contribution in [2.24, 2.45) is 0 Å². The molecule has 0 spiro atoms. The number of aliphatic hydroxyl groups excluding tert-OH is 1. The number of carboxylic acid groups (broad SMARTS) is 1. The molecule has 0 aromatic rings. The third-order valence-electron chi connectivity index (χ3n) is 2.97. The zero-order chi connectivity index (χ0) is 12.6. The standard InChI is InChI=1S/C10H13NO6.ClH/c1-16-5-10(9(14)15)6(2-3-12)17-8-4-7(13)11(8)10;/h2,8,12H,3-5H2,1H3,(H,14,15);1H/b6-2-;/t8-,10-;/m1./s1. The van der Waals surface area contributed by atoms with E-state index >= 15 is 0 Å². The number of methoxy groups -OCH3 is 1. The second kappa shape index (κ2) is 5.13. The van der Waals surface area contributed by atoms with Gasteiger partial charge in [-0.2, -0.15) is 0 Å². The summed E-state index contributed by atoms with van der Waals surface area (Å²) in [5.74, 6) is -1.46. The van der Waals surface area contributed by atoms with Gasteiger partial charge in [0, 0.05) is 7.11 Å². The fourth-order valence-electron chi connectivity index (χ4n) is 2.22. The van der Waals surface area contributed by atoms with Crippen LogP contribution in [-0.4, -0.2) is 59.1 Å². The number of carbonyl (C=O) groups is 2. The molecule has 2 atom stereocenters. The van der Waals surface area contributed by atoms with Crippen molar-refractivity contribution in [3.8, 4) is 0 Å². The zero-order valence-electron chi connectivity index (χ0n) is 9.66. The number of fused-ring (bicyclic) bond motifs is 1. The smallest absolute Gasteiger partial charge is 0.340 e. The third kappa shape index (κ3) is 1.75. The molecule has 2 heterocycles. The first kappa shape index (κ1) is 14.7. The summed E-state index contributed by atoms with van der Waals surface area (Å²) in [6.45, 7) is -0.570. The Hall–Kier alpha value is -1.31. The van der Waals surface area contributed by atoms with E-state index in [9.17, 15) is 14.7 Å². The molecule has 0 saturated carbocycles. The molecule has 1 amide bonds. The number of nitrogens with zero attached hydrogens (tertiary/aromatic N) is 1. The minimum absolute atomic E-state index is 0. The van der Waals surface area contributed by atoms with Gasteiger partial charge in [-0.15, -0.1) is 12.4 Å². The molecule has 0 unspecified atom stereocenters. The fourth-order valence-corrected chi connectivity index (χ4v) is 2.22. The average Bonchev–Trinajstić information content (AvgIpc) is 2.49. The number of aliphatic carboxylic acids is 1. The minimum Gasteiger partial charge on any atom is -0.479 e. The van der Waals surface area contributed by atoms with Crippen molar-refractivity contribution < 1.29 is 29.3 Å². The lowest BCUT2D eigenvalue weighted by atomic mass is 9.93. The van der Waals surface area contributed by atoms with Gasteiger partial charge in [0.05, 0.1) is 19.6 Å². The Kier molecular flexibility index (Phi) is 4.20. The SMILES string of the molecule is COC[C@]1(C(=O)O)/C(=C/CO)O[C@@H]2CC(=O)N21.Cl. The van der Waals surface area contributed by atoms with E-state index in [1.54, 1.807) is 0 Å². The van der Waals surface area contributed by atoms with E-state index in [1.807, 2.05) is 0 Å². The molecular formula is C10H14ClNO6. The predicted molar refractivity (Wildman–Crippen MR) is 61.0 cm³/mol. The van der Waals surface area contributed by atoms with Crippen molar-refractivity contribution in [3.05, 3.63) is 11.8 Å². The van der Waals surface area contributed by atoms with Gasteiger partial charge in [0.2, 0.25) is 11.4 Å². The van der Waals surface area contributed by atoms with E-state index in [1.165, 1.54) is 13.2 Å². The Morgan fingerprint density at radius 3 is 2.83 bits per heavy atom. The summed E-state index contributed by atoms with van der Waals surface area (Å²) >= 11 is 0. The van der Waals surface area contributed by atoms with Crippen LogP contribution in [0.4, 0.5) is 0 Å². The quantitative estimate of drug-likeness (QED) is 0.664. The van der Waals surface area contributed by atoms with Gasteiger partial charge in [-0.05, 0) is 6.08 Å². The number of carboxylic acids is 1. The molecule has 2 fully saturated rings. The summed E-state index contributed by atoms with van der Waals surface area (Å²) in [6.07, 6.45) is 0.840. The lowest BCUT2D eigenvalue weighted by molar-refractivity contribution is -0.173. The number of hydrogen-bond donors (Lipinski definition) is 2. The first-order chi connectivity index (χ1) is 8.07. The van der Waals surface area contributed by atoms with Crippen LogP contribution in [0.5, 0.6) is 0 Å². The molecule has 0 bridgehead atoms. The number of ether oxygens (including phenoxy) is 2. The molecule has 2 aliphatic heterocycles. The van der Waals surface area contributed by atoms with Crippen LogP contribution in [0.25, 0.3) is 0 Å². The number of β-lactam (4-membered cyclic amide) rings is 1. The summed E-state index contributed by atoms with van der Waals surface area (Å²) in [5, 5.41) is 18.2. The van der Waals surface area contributed by atoms with Crippen LogP contribution in [0.3, 0.4) is 0 Å². The van der Waals surface area contributed by atoms with Gasteiger partial charge in [0.1, 0.15) is 5.76 Å². The van der Waals surface area contributed by atoms with E-state index < -0.39 is 17.7 Å². The molecule has 2 saturated heterocycles. The molecule has 0 aliphatic carbocycles. The van der Waals surface area contributed by atoms with Crippen LogP contribution in [-0.2, 0) is 19.1 Å². The predicted octanol–water partition coefficient (Wildman–Crippen LogP) is -0.657. The highest BCUT2D eigenvalue weighted by molar-refractivity contribution is 5.94. The molecule has 0 aromatic heterocycles. The molecule has 2 aliphatic rings. The van der Waals surface area contributed by atoms with Crippen molar-refractivity contribution in [1.29, 1.82) is 0 Å². The fraction of sp³-hybridized carbons (Fsp3) is 0.600. The average molecular weight is 280 g/mol. The van der Waals surface area contributed by atoms with Crippen molar-refractivity contribution in [3.63, 3.8) is 0 Å².